The molecule has 2 rings (SSSR count). The van der Waals surface area contributed by atoms with Gasteiger partial charge in [0.05, 0.1) is 13.5 Å². The number of benzene rings is 1. The van der Waals surface area contributed by atoms with Crippen LogP contribution in [0.25, 0.3) is 0 Å². The lowest BCUT2D eigenvalue weighted by atomic mass is 9.91. The number of methoxy groups -OCH3 is 1. The van der Waals surface area contributed by atoms with Gasteiger partial charge in [-0.1, -0.05) is 17.7 Å². The maximum atomic E-state index is 12.5. The van der Waals surface area contributed by atoms with Crippen LogP contribution in [0.4, 0.5) is 0 Å². The molecule has 1 N–H and O–H groups in total. The zero-order valence-electron chi connectivity index (χ0n) is 12.5. The Morgan fingerprint density at radius 1 is 1.38 bits per heavy atom. The second-order valence-corrected chi connectivity index (χ2v) is 5.49. The lowest BCUT2D eigenvalue weighted by Gasteiger charge is -2.36. The second-order valence-electron chi connectivity index (χ2n) is 5.49. The van der Waals surface area contributed by atoms with Crippen LogP contribution in [-0.4, -0.2) is 41.6 Å². The highest BCUT2D eigenvalue weighted by molar-refractivity contribution is 5.84. The Labute approximate surface area is 124 Å². The van der Waals surface area contributed by atoms with Crippen LogP contribution >= 0.6 is 0 Å². The number of amides is 1. The van der Waals surface area contributed by atoms with E-state index in [2.05, 4.69) is 0 Å². The van der Waals surface area contributed by atoms with E-state index in [0.717, 1.165) is 30.4 Å². The van der Waals surface area contributed by atoms with Crippen LogP contribution in [0.3, 0.4) is 0 Å². The van der Waals surface area contributed by atoms with E-state index < -0.39 is 5.97 Å². The lowest BCUT2D eigenvalue weighted by Crippen LogP contribution is -2.47. The lowest BCUT2D eigenvalue weighted by molar-refractivity contribution is -0.147. The molecule has 1 aliphatic carbocycles. The fraction of sp³-hybridized carbons (Fsp3) is 0.500. The van der Waals surface area contributed by atoms with Gasteiger partial charge in [-0.15, -0.1) is 0 Å². The third-order valence-electron chi connectivity index (χ3n) is 3.92. The van der Waals surface area contributed by atoms with Crippen molar-refractivity contribution in [1.29, 1.82) is 0 Å². The molecule has 0 unspecified atom stereocenters. The molecule has 0 spiro atoms. The monoisotopic (exact) mass is 291 g/mol. The molecule has 0 saturated heterocycles. The Bertz CT molecular complexity index is 537. The molecule has 0 radical (unpaired) electrons. The van der Waals surface area contributed by atoms with E-state index >= 15 is 0 Å². The number of rotatable bonds is 6. The van der Waals surface area contributed by atoms with Crippen LogP contribution in [0.15, 0.2) is 18.2 Å². The molecule has 1 aliphatic rings. The van der Waals surface area contributed by atoms with Crippen molar-refractivity contribution in [3.8, 4) is 5.75 Å². The molecule has 0 bridgehead atoms. The zero-order chi connectivity index (χ0) is 15.4. The fourth-order valence-corrected chi connectivity index (χ4v) is 2.57. The van der Waals surface area contributed by atoms with E-state index in [9.17, 15) is 9.59 Å². The average Bonchev–Trinajstić information content (AvgIpc) is 2.35. The highest BCUT2D eigenvalue weighted by Gasteiger charge is 2.30. The van der Waals surface area contributed by atoms with E-state index in [1.807, 2.05) is 25.1 Å². The van der Waals surface area contributed by atoms with Gasteiger partial charge < -0.3 is 14.7 Å². The molecule has 1 amide bonds. The van der Waals surface area contributed by atoms with E-state index in [1.54, 1.807) is 7.11 Å². The van der Waals surface area contributed by atoms with Gasteiger partial charge in [-0.2, -0.15) is 0 Å². The number of nitrogens with zero attached hydrogens (tertiary/aromatic N) is 1. The summed E-state index contributed by atoms with van der Waals surface area (Å²) >= 11 is 0. The van der Waals surface area contributed by atoms with Gasteiger partial charge in [0.2, 0.25) is 5.91 Å². The summed E-state index contributed by atoms with van der Waals surface area (Å²) in [6.07, 6.45) is 3.02. The summed E-state index contributed by atoms with van der Waals surface area (Å²) in [6, 6.07) is 5.75. The molecular formula is C16H21NO4. The quantitative estimate of drug-likeness (QED) is 0.870. The van der Waals surface area contributed by atoms with Crippen molar-refractivity contribution in [3.63, 3.8) is 0 Å². The minimum atomic E-state index is -0.966. The molecule has 0 heterocycles. The van der Waals surface area contributed by atoms with Gasteiger partial charge in [0, 0.05) is 11.6 Å². The van der Waals surface area contributed by atoms with Gasteiger partial charge in [0.15, 0.2) is 0 Å². The minimum Gasteiger partial charge on any atom is -0.496 e. The number of ether oxygens (including phenoxy) is 1. The van der Waals surface area contributed by atoms with Crippen molar-refractivity contribution in [3.05, 3.63) is 29.3 Å². The Kier molecular flexibility index (Phi) is 4.83. The molecule has 1 aromatic rings. The summed E-state index contributed by atoms with van der Waals surface area (Å²) in [5.74, 6) is -0.449. The highest BCUT2D eigenvalue weighted by atomic mass is 16.5. The SMILES string of the molecule is COc1ccc(C)cc1CC(=O)N(CC(=O)O)C1CCC1. The van der Waals surface area contributed by atoms with Crippen LogP contribution in [0.1, 0.15) is 30.4 Å². The van der Waals surface area contributed by atoms with Crippen LogP contribution in [0.2, 0.25) is 0 Å². The molecule has 0 aliphatic heterocycles. The third kappa shape index (κ3) is 3.74. The first kappa shape index (κ1) is 15.4. The van der Waals surface area contributed by atoms with E-state index in [4.69, 9.17) is 9.84 Å². The summed E-state index contributed by atoms with van der Waals surface area (Å²) in [5, 5.41) is 8.99. The van der Waals surface area contributed by atoms with Crippen LogP contribution in [-0.2, 0) is 16.0 Å². The van der Waals surface area contributed by atoms with Gasteiger partial charge in [-0.25, -0.2) is 0 Å². The molecule has 114 valence electrons. The fourth-order valence-electron chi connectivity index (χ4n) is 2.57. The summed E-state index contributed by atoms with van der Waals surface area (Å²) < 4.78 is 5.28. The number of hydrogen-bond donors (Lipinski definition) is 1. The van der Waals surface area contributed by atoms with E-state index in [1.165, 1.54) is 4.90 Å². The Hall–Kier alpha value is -2.04. The van der Waals surface area contributed by atoms with Crippen LogP contribution in [0.5, 0.6) is 5.75 Å². The Balaban J connectivity index is 2.14. The molecule has 0 atom stereocenters. The largest absolute Gasteiger partial charge is 0.496 e. The van der Waals surface area contributed by atoms with Crippen molar-refractivity contribution in [2.45, 2.75) is 38.6 Å². The number of carboxylic acids is 1. The zero-order valence-corrected chi connectivity index (χ0v) is 12.5. The van der Waals surface area contributed by atoms with Gasteiger partial charge in [-0.05, 0) is 32.3 Å². The highest BCUT2D eigenvalue weighted by Crippen LogP contribution is 2.27. The predicted octanol–water partition coefficient (Wildman–Crippen LogP) is 2.01. The standard InChI is InChI=1S/C16H21NO4/c1-11-6-7-14(21-2)12(8-11)9-15(18)17(10-16(19)20)13-4-3-5-13/h6-8,13H,3-5,9-10H2,1-2H3,(H,19,20). The Morgan fingerprint density at radius 3 is 2.62 bits per heavy atom. The minimum absolute atomic E-state index is 0.0735. The van der Waals surface area contributed by atoms with Gasteiger partial charge in [0.1, 0.15) is 12.3 Å². The van der Waals surface area contributed by atoms with Crippen LogP contribution in [0, 0.1) is 6.92 Å². The number of hydrogen-bond acceptors (Lipinski definition) is 3. The maximum absolute atomic E-state index is 12.5. The summed E-state index contributed by atoms with van der Waals surface area (Å²) in [4.78, 5) is 24.9. The average molecular weight is 291 g/mol. The number of carboxylic acid groups (broad SMARTS) is 1. The predicted molar refractivity (Wildman–Crippen MR) is 78.4 cm³/mol. The van der Waals surface area contributed by atoms with E-state index in [0.29, 0.717) is 5.75 Å². The summed E-state index contributed by atoms with van der Waals surface area (Å²) in [5.41, 5.74) is 1.85. The topological polar surface area (TPSA) is 66.8 Å². The molecule has 21 heavy (non-hydrogen) atoms. The molecule has 1 saturated carbocycles. The number of carbonyl (C=O) groups is 2. The van der Waals surface area contributed by atoms with Crippen LogP contribution < -0.4 is 4.74 Å². The normalized spacial score (nSPS) is 14.4. The van der Waals surface area contributed by atoms with Crippen molar-refractivity contribution in [2.75, 3.05) is 13.7 Å². The first-order valence-corrected chi connectivity index (χ1v) is 7.16. The Morgan fingerprint density at radius 2 is 2.10 bits per heavy atom. The smallest absolute Gasteiger partial charge is 0.323 e. The summed E-state index contributed by atoms with van der Waals surface area (Å²) in [7, 11) is 1.57. The second kappa shape index (κ2) is 6.61. The van der Waals surface area contributed by atoms with Crippen molar-refractivity contribution >= 4 is 11.9 Å². The van der Waals surface area contributed by atoms with Crippen molar-refractivity contribution < 1.29 is 19.4 Å². The molecule has 1 fully saturated rings. The number of aliphatic carboxylic acids is 1. The number of aryl methyl sites for hydroxylation is 1. The van der Waals surface area contributed by atoms with Gasteiger partial charge >= 0.3 is 5.97 Å². The van der Waals surface area contributed by atoms with Gasteiger partial charge in [-0.3, -0.25) is 9.59 Å². The first-order valence-electron chi connectivity index (χ1n) is 7.16. The molecular weight excluding hydrogens is 270 g/mol. The van der Waals surface area contributed by atoms with Gasteiger partial charge in [0.25, 0.3) is 0 Å². The van der Waals surface area contributed by atoms with E-state index in [-0.39, 0.29) is 24.9 Å². The molecule has 5 nitrogen and oxygen atoms in total. The third-order valence-corrected chi connectivity index (χ3v) is 3.92. The molecule has 5 heteroatoms. The maximum Gasteiger partial charge on any atom is 0.323 e. The first-order chi connectivity index (χ1) is 10.0. The number of carbonyl (C=O) groups excluding carboxylic acids is 1. The molecule has 1 aromatic carbocycles. The molecule has 0 aromatic heterocycles. The van der Waals surface area contributed by atoms with Crippen molar-refractivity contribution in [2.24, 2.45) is 0 Å². The van der Waals surface area contributed by atoms with Crippen molar-refractivity contribution in [1.82, 2.24) is 4.90 Å². The summed E-state index contributed by atoms with van der Waals surface area (Å²) in [6.45, 7) is 1.73.